The predicted octanol–water partition coefficient (Wildman–Crippen LogP) is 2.43. The standard InChI is InChI=1S/C14H17F3N2O4/c15-14(16,17)11-7-5-10(6-8-11)13(21)19-23-9-3-1-2-4-12(20)18-22/h5-8,22H,1-4,9H2,(H,18,20)(H,19,21). The number of hydroxylamine groups is 2. The van der Waals surface area contributed by atoms with Gasteiger partial charge in [0.05, 0.1) is 12.2 Å². The number of hydrogen-bond donors (Lipinski definition) is 3. The second kappa shape index (κ2) is 9.11. The van der Waals surface area contributed by atoms with Crippen molar-refractivity contribution in [2.24, 2.45) is 0 Å². The van der Waals surface area contributed by atoms with E-state index in [0.717, 1.165) is 24.3 Å². The molecule has 0 unspecified atom stereocenters. The molecule has 1 aromatic rings. The number of carbonyl (C=O) groups excluding carboxylic acids is 2. The zero-order valence-corrected chi connectivity index (χ0v) is 12.2. The zero-order valence-electron chi connectivity index (χ0n) is 12.2. The molecule has 0 aliphatic heterocycles. The number of carbonyl (C=O) groups is 2. The van der Waals surface area contributed by atoms with Crippen LogP contribution in [0.25, 0.3) is 0 Å². The van der Waals surface area contributed by atoms with Gasteiger partial charge in [-0.2, -0.15) is 13.2 Å². The molecule has 0 fully saturated rings. The minimum atomic E-state index is -4.45. The van der Waals surface area contributed by atoms with Crippen LogP contribution in [0.2, 0.25) is 0 Å². The number of benzene rings is 1. The first-order valence-corrected chi connectivity index (χ1v) is 6.87. The van der Waals surface area contributed by atoms with Crippen LogP contribution in [-0.2, 0) is 15.8 Å². The SMILES string of the molecule is O=C(CCCCCONC(=O)c1ccc(C(F)(F)F)cc1)NO. The van der Waals surface area contributed by atoms with E-state index >= 15 is 0 Å². The second-order valence-corrected chi connectivity index (χ2v) is 4.70. The van der Waals surface area contributed by atoms with Crippen LogP contribution in [0.4, 0.5) is 13.2 Å². The van der Waals surface area contributed by atoms with Crippen molar-refractivity contribution in [2.75, 3.05) is 6.61 Å². The summed E-state index contributed by atoms with van der Waals surface area (Å²) in [5.74, 6) is -1.11. The van der Waals surface area contributed by atoms with Gasteiger partial charge in [-0.25, -0.2) is 11.0 Å². The van der Waals surface area contributed by atoms with E-state index in [0.29, 0.717) is 19.3 Å². The molecule has 0 aromatic heterocycles. The average Bonchev–Trinajstić information content (AvgIpc) is 2.52. The molecule has 128 valence electrons. The number of nitrogens with one attached hydrogen (secondary N) is 2. The van der Waals surface area contributed by atoms with Crippen molar-refractivity contribution in [3.8, 4) is 0 Å². The molecule has 0 spiro atoms. The maximum Gasteiger partial charge on any atom is 0.416 e. The van der Waals surface area contributed by atoms with Crippen LogP contribution in [0.1, 0.15) is 41.6 Å². The van der Waals surface area contributed by atoms with Gasteiger partial charge in [-0.1, -0.05) is 6.42 Å². The zero-order chi connectivity index (χ0) is 17.3. The third kappa shape index (κ3) is 7.11. The molecule has 0 aliphatic rings. The fraction of sp³-hybridized carbons (Fsp3) is 0.429. The highest BCUT2D eigenvalue weighted by Crippen LogP contribution is 2.29. The van der Waals surface area contributed by atoms with E-state index in [-0.39, 0.29) is 18.6 Å². The summed E-state index contributed by atoms with van der Waals surface area (Å²) in [7, 11) is 0. The quantitative estimate of drug-likeness (QED) is 0.387. The molecule has 0 atom stereocenters. The first-order valence-electron chi connectivity index (χ1n) is 6.87. The summed E-state index contributed by atoms with van der Waals surface area (Å²) in [5.41, 5.74) is 2.87. The van der Waals surface area contributed by atoms with Crippen LogP contribution < -0.4 is 11.0 Å². The van der Waals surface area contributed by atoms with Crippen molar-refractivity contribution >= 4 is 11.8 Å². The highest BCUT2D eigenvalue weighted by atomic mass is 19.4. The molecule has 0 aliphatic carbocycles. The van der Waals surface area contributed by atoms with E-state index in [9.17, 15) is 22.8 Å². The van der Waals surface area contributed by atoms with Crippen molar-refractivity contribution < 1.29 is 32.8 Å². The summed E-state index contributed by atoms with van der Waals surface area (Å²) in [4.78, 5) is 27.2. The maximum atomic E-state index is 12.4. The number of rotatable bonds is 8. The molecule has 2 amide bonds. The molecular formula is C14H17F3N2O4. The molecule has 1 rings (SSSR count). The van der Waals surface area contributed by atoms with Gasteiger partial charge in [-0.15, -0.1) is 0 Å². The lowest BCUT2D eigenvalue weighted by atomic mass is 10.1. The third-order valence-corrected chi connectivity index (χ3v) is 2.91. The van der Waals surface area contributed by atoms with Crippen LogP contribution in [0.15, 0.2) is 24.3 Å². The second-order valence-electron chi connectivity index (χ2n) is 4.70. The molecule has 1 aromatic carbocycles. The summed E-state index contributed by atoms with van der Waals surface area (Å²) in [6, 6.07) is 3.77. The van der Waals surface area contributed by atoms with Crippen molar-refractivity contribution in [1.82, 2.24) is 11.0 Å². The Morgan fingerprint density at radius 1 is 1.09 bits per heavy atom. The smallest absolute Gasteiger partial charge is 0.289 e. The first kappa shape index (κ1) is 18.9. The summed E-state index contributed by atoms with van der Waals surface area (Å²) in [6.45, 7) is 0.202. The first-order chi connectivity index (χ1) is 10.8. The Labute approximate surface area is 130 Å². The Morgan fingerprint density at radius 2 is 1.74 bits per heavy atom. The van der Waals surface area contributed by atoms with Crippen LogP contribution in [0.5, 0.6) is 0 Å². The average molecular weight is 334 g/mol. The van der Waals surface area contributed by atoms with Crippen LogP contribution >= 0.6 is 0 Å². The van der Waals surface area contributed by atoms with E-state index in [1.54, 1.807) is 0 Å². The Kier molecular flexibility index (Phi) is 7.49. The van der Waals surface area contributed by atoms with Crippen molar-refractivity contribution in [1.29, 1.82) is 0 Å². The fourth-order valence-electron chi connectivity index (χ4n) is 1.68. The number of hydrogen-bond acceptors (Lipinski definition) is 4. The van der Waals surface area contributed by atoms with Crippen molar-refractivity contribution in [3.05, 3.63) is 35.4 Å². The number of amides is 2. The number of halogens is 3. The van der Waals surface area contributed by atoms with Gasteiger partial charge in [-0.05, 0) is 37.1 Å². The summed E-state index contributed by atoms with van der Waals surface area (Å²) in [5, 5.41) is 8.27. The molecule has 0 heterocycles. The minimum Gasteiger partial charge on any atom is -0.289 e. The molecule has 3 N–H and O–H groups in total. The molecule has 9 heteroatoms. The van der Waals surface area contributed by atoms with Crippen LogP contribution in [0.3, 0.4) is 0 Å². The van der Waals surface area contributed by atoms with E-state index < -0.39 is 23.6 Å². The van der Waals surface area contributed by atoms with Crippen LogP contribution in [-0.4, -0.2) is 23.6 Å². The lowest BCUT2D eigenvalue weighted by Gasteiger charge is -2.08. The predicted molar refractivity (Wildman–Crippen MR) is 73.3 cm³/mol. The van der Waals surface area contributed by atoms with Gasteiger partial charge in [0.25, 0.3) is 5.91 Å². The summed E-state index contributed by atoms with van der Waals surface area (Å²) in [6.07, 6.45) is -2.47. The van der Waals surface area contributed by atoms with E-state index in [1.165, 1.54) is 5.48 Å². The van der Waals surface area contributed by atoms with Gasteiger partial charge in [0, 0.05) is 12.0 Å². The van der Waals surface area contributed by atoms with Gasteiger partial charge >= 0.3 is 6.18 Å². The van der Waals surface area contributed by atoms with Gasteiger partial charge in [0.1, 0.15) is 0 Å². The number of unbranched alkanes of at least 4 members (excludes halogenated alkanes) is 2. The highest BCUT2D eigenvalue weighted by Gasteiger charge is 2.30. The maximum absolute atomic E-state index is 12.4. The molecule has 6 nitrogen and oxygen atoms in total. The van der Waals surface area contributed by atoms with E-state index in [2.05, 4.69) is 5.48 Å². The topological polar surface area (TPSA) is 87.7 Å². The Bertz CT molecular complexity index is 518. The largest absolute Gasteiger partial charge is 0.416 e. The van der Waals surface area contributed by atoms with Crippen molar-refractivity contribution in [3.63, 3.8) is 0 Å². The Hall–Kier alpha value is -2.13. The summed E-state index contributed by atoms with van der Waals surface area (Å²) < 4.78 is 37.1. The summed E-state index contributed by atoms with van der Waals surface area (Å²) >= 11 is 0. The molecule has 0 saturated heterocycles. The monoisotopic (exact) mass is 334 g/mol. The van der Waals surface area contributed by atoms with Gasteiger partial charge in [-0.3, -0.25) is 19.6 Å². The van der Waals surface area contributed by atoms with Crippen molar-refractivity contribution in [2.45, 2.75) is 31.9 Å². The van der Waals surface area contributed by atoms with Gasteiger partial charge in [0.15, 0.2) is 0 Å². The molecule has 0 bridgehead atoms. The third-order valence-electron chi connectivity index (χ3n) is 2.91. The molecule has 23 heavy (non-hydrogen) atoms. The lowest BCUT2D eigenvalue weighted by molar-refractivity contribution is -0.137. The van der Waals surface area contributed by atoms with E-state index in [4.69, 9.17) is 10.0 Å². The Morgan fingerprint density at radius 3 is 2.30 bits per heavy atom. The normalized spacial score (nSPS) is 11.1. The minimum absolute atomic E-state index is 0.0533. The Balaban J connectivity index is 2.23. The van der Waals surface area contributed by atoms with Gasteiger partial charge in [0.2, 0.25) is 5.91 Å². The van der Waals surface area contributed by atoms with Gasteiger partial charge < -0.3 is 0 Å². The fourth-order valence-corrected chi connectivity index (χ4v) is 1.68. The van der Waals surface area contributed by atoms with E-state index in [1.807, 2.05) is 0 Å². The lowest BCUT2D eigenvalue weighted by Crippen LogP contribution is -2.24. The number of alkyl halides is 3. The van der Waals surface area contributed by atoms with Crippen LogP contribution in [0, 0.1) is 0 Å². The molecule has 0 saturated carbocycles. The molecule has 0 radical (unpaired) electrons. The molecular weight excluding hydrogens is 317 g/mol. The highest BCUT2D eigenvalue weighted by molar-refractivity contribution is 5.93.